The highest BCUT2D eigenvalue weighted by Gasteiger charge is 2.44. The molecule has 2 aromatic carbocycles. The third-order valence-electron chi connectivity index (χ3n) is 5.12. The number of hydrogen-bond acceptors (Lipinski definition) is 4. The first-order valence-corrected chi connectivity index (χ1v) is 9.31. The zero-order valence-corrected chi connectivity index (χ0v) is 15.7. The lowest BCUT2D eigenvalue weighted by molar-refractivity contribution is -0.174. The molecule has 9 heteroatoms. The standard InChI is InChI=1S/C20H15ClF3N3O2/c21-12-4-6-16-15(9-12)27-7-1-2-14(26-19(28)20(22,23)24)18(27)13-5-3-11(10-25)8-17(13)29-16/h3-6,8-9,14,18H,1-2,7H2,(H,26,28)/t14-,18+/m0/s1. The van der Waals surface area contributed by atoms with Crippen LogP contribution in [0.4, 0.5) is 18.9 Å². The second kappa shape index (κ2) is 7.16. The monoisotopic (exact) mass is 421 g/mol. The van der Waals surface area contributed by atoms with Crippen molar-refractivity contribution in [2.45, 2.75) is 31.1 Å². The number of nitrogens with zero attached hydrogens (tertiary/aromatic N) is 2. The predicted octanol–water partition coefficient (Wildman–Crippen LogP) is 4.71. The van der Waals surface area contributed by atoms with Crippen LogP contribution in [-0.4, -0.2) is 24.7 Å². The lowest BCUT2D eigenvalue weighted by Crippen LogP contribution is -2.52. The van der Waals surface area contributed by atoms with Crippen LogP contribution in [-0.2, 0) is 4.79 Å². The lowest BCUT2D eigenvalue weighted by atomic mass is 9.89. The predicted molar refractivity (Wildman–Crippen MR) is 100.0 cm³/mol. The normalized spacial score (nSPS) is 20.3. The molecule has 0 spiro atoms. The highest BCUT2D eigenvalue weighted by Crippen LogP contribution is 2.48. The van der Waals surface area contributed by atoms with Gasteiger partial charge in [0.1, 0.15) is 5.75 Å². The van der Waals surface area contributed by atoms with Crippen molar-refractivity contribution in [3.8, 4) is 17.6 Å². The number of ether oxygens (including phenoxy) is 1. The number of carbonyl (C=O) groups excluding carboxylic acids is 1. The molecule has 2 aliphatic rings. The van der Waals surface area contributed by atoms with Gasteiger partial charge in [-0.05, 0) is 43.2 Å². The highest BCUT2D eigenvalue weighted by atomic mass is 35.5. The number of amides is 1. The van der Waals surface area contributed by atoms with E-state index in [2.05, 4.69) is 5.32 Å². The summed E-state index contributed by atoms with van der Waals surface area (Å²) in [6, 6.07) is 10.5. The highest BCUT2D eigenvalue weighted by molar-refractivity contribution is 6.31. The largest absolute Gasteiger partial charge is 0.471 e. The van der Waals surface area contributed by atoms with Gasteiger partial charge in [0.25, 0.3) is 0 Å². The van der Waals surface area contributed by atoms with Gasteiger partial charge < -0.3 is 15.0 Å². The molecular formula is C20H15ClF3N3O2. The van der Waals surface area contributed by atoms with Crippen molar-refractivity contribution in [1.82, 2.24) is 5.32 Å². The van der Waals surface area contributed by atoms with E-state index in [1.165, 1.54) is 0 Å². The SMILES string of the molecule is N#Cc1ccc2c(c1)Oc1ccc(Cl)cc1N1CCC[C@H](NC(=O)C(F)(F)F)[C@@H]21. The van der Waals surface area contributed by atoms with Crippen LogP contribution in [0.1, 0.15) is 30.0 Å². The number of fused-ring (bicyclic) bond motifs is 5. The van der Waals surface area contributed by atoms with Crippen molar-refractivity contribution < 1.29 is 22.7 Å². The molecule has 1 fully saturated rings. The number of rotatable bonds is 1. The lowest BCUT2D eigenvalue weighted by Gasteiger charge is -2.42. The Bertz CT molecular complexity index is 1020. The van der Waals surface area contributed by atoms with Gasteiger partial charge in [-0.25, -0.2) is 0 Å². The van der Waals surface area contributed by atoms with Gasteiger partial charge in [-0.2, -0.15) is 18.4 Å². The molecule has 0 aliphatic carbocycles. The number of carbonyl (C=O) groups is 1. The summed E-state index contributed by atoms with van der Waals surface area (Å²) in [7, 11) is 0. The third kappa shape index (κ3) is 3.58. The summed E-state index contributed by atoms with van der Waals surface area (Å²) in [6.45, 7) is 0.555. The minimum atomic E-state index is -4.97. The maximum Gasteiger partial charge on any atom is 0.471 e. The fourth-order valence-electron chi connectivity index (χ4n) is 3.91. The van der Waals surface area contributed by atoms with Gasteiger partial charge in [-0.1, -0.05) is 17.7 Å². The van der Waals surface area contributed by atoms with Crippen LogP contribution in [0, 0.1) is 11.3 Å². The van der Waals surface area contributed by atoms with E-state index in [9.17, 15) is 23.2 Å². The first-order chi connectivity index (χ1) is 13.8. The van der Waals surface area contributed by atoms with Crippen LogP contribution >= 0.6 is 11.6 Å². The molecular weight excluding hydrogens is 407 g/mol. The molecule has 150 valence electrons. The number of nitriles is 1. The second-order valence-electron chi connectivity index (χ2n) is 6.94. The third-order valence-corrected chi connectivity index (χ3v) is 5.35. The van der Waals surface area contributed by atoms with Crippen LogP contribution in [0.15, 0.2) is 36.4 Å². The summed E-state index contributed by atoms with van der Waals surface area (Å²) in [5.74, 6) is -1.12. The summed E-state index contributed by atoms with van der Waals surface area (Å²) in [6.07, 6.45) is -4.02. The Kier molecular flexibility index (Phi) is 4.79. The molecule has 1 amide bonds. The quantitative estimate of drug-likeness (QED) is 0.724. The van der Waals surface area contributed by atoms with Gasteiger partial charge in [-0.3, -0.25) is 4.79 Å². The van der Waals surface area contributed by atoms with Gasteiger partial charge in [0.05, 0.1) is 29.4 Å². The van der Waals surface area contributed by atoms with E-state index in [0.717, 1.165) is 0 Å². The molecule has 0 aromatic heterocycles. The average Bonchev–Trinajstić information content (AvgIpc) is 2.81. The van der Waals surface area contributed by atoms with Gasteiger partial charge in [-0.15, -0.1) is 0 Å². The van der Waals surface area contributed by atoms with Crippen LogP contribution in [0.5, 0.6) is 11.5 Å². The van der Waals surface area contributed by atoms with E-state index in [4.69, 9.17) is 16.3 Å². The van der Waals surface area contributed by atoms with Crippen molar-refractivity contribution in [1.29, 1.82) is 5.26 Å². The number of benzene rings is 2. The second-order valence-corrected chi connectivity index (χ2v) is 7.37. The number of piperidine rings is 1. The molecule has 2 heterocycles. The number of nitrogens with one attached hydrogen (secondary N) is 1. The Labute approximate surface area is 169 Å². The van der Waals surface area contributed by atoms with Crippen molar-refractivity contribution >= 4 is 23.2 Å². The molecule has 0 radical (unpaired) electrons. The van der Waals surface area contributed by atoms with E-state index in [1.807, 2.05) is 11.0 Å². The molecule has 0 unspecified atom stereocenters. The van der Waals surface area contributed by atoms with E-state index in [0.29, 0.717) is 52.7 Å². The molecule has 0 saturated carbocycles. The first-order valence-electron chi connectivity index (χ1n) is 8.93. The Balaban J connectivity index is 1.85. The van der Waals surface area contributed by atoms with Crippen molar-refractivity contribution in [2.75, 3.05) is 11.4 Å². The Morgan fingerprint density at radius 3 is 2.76 bits per heavy atom. The molecule has 5 nitrogen and oxygen atoms in total. The number of hydrogen-bond donors (Lipinski definition) is 1. The molecule has 1 saturated heterocycles. The Hall–Kier alpha value is -2.92. The van der Waals surface area contributed by atoms with Crippen LogP contribution in [0.3, 0.4) is 0 Å². The Morgan fingerprint density at radius 1 is 1.24 bits per heavy atom. The molecule has 4 rings (SSSR count). The summed E-state index contributed by atoms with van der Waals surface area (Å²) in [4.78, 5) is 13.6. The molecule has 2 aliphatic heterocycles. The average molecular weight is 422 g/mol. The van der Waals surface area contributed by atoms with E-state index in [1.54, 1.807) is 36.4 Å². The number of halogens is 4. The van der Waals surface area contributed by atoms with Gasteiger partial charge in [0.15, 0.2) is 5.75 Å². The maximum absolute atomic E-state index is 12.9. The van der Waals surface area contributed by atoms with Crippen LogP contribution < -0.4 is 15.0 Å². The maximum atomic E-state index is 12.9. The fraction of sp³-hybridized carbons (Fsp3) is 0.300. The van der Waals surface area contributed by atoms with E-state index >= 15 is 0 Å². The summed E-state index contributed by atoms with van der Waals surface area (Å²) < 4.78 is 44.7. The van der Waals surface area contributed by atoms with Gasteiger partial charge in [0.2, 0.25) is 0 Å². The van der Waals surface area contributed by atoms with E-state index < -0.39 is 24.2 Å². The summed E-state index contributed by atoms with van der Waals surface area (Å²) in [5, 5.41) is 11.8. The summed E-state index contributed by atoms with van der Waals surface area (Å²) in [5.41, 5.74) is 1.59. The first kappa shape index (κ1) is 19.4. The molecule has 2 aromatic rings. The van der Waals surface area contributed by atoms with Crippen molar-refractivity contribution in [2.24, 2.45) is 0 Å². The molecule has 0 bridgehead atoms. The zero-order chi connectivity index (χ0) is 20.8. The van der Waals surface area contributed by atoms with Crippen LogP contribution in [0.25, 0.3) is 0 Å². The molecule has 29 heavy (non-hydrogen) atoms. The van der Waals surface area contributed by atoms with Gasteiger partial charge in [0, 0.05) is 17.1 Å². The minimum Gasteiger partial charge on any atom is -0.455 e. The van der Waals surface area contributed by atoms with Crippen molar-refractivity contribution in [3.05, 3.63) is 52.5 Å². The molecule has 1 N–H and O–H groups in total. The van der Waals surface area contributed by atoms with Gasteiger partial charge >= 0.3 is 12.1 Å². The minimum absolute atomic E-state index is 0.361. The van der Waals surface area contributed by atoms with E-state index in [-0.39, 0.29) is 0 Å². The van der Waals surface area contributed by atoms with Crippen LogP contribution in [0.2, 0.25) is 5.02 Å². The topological polar surface area (TPSA) is 65.4 Å². The smallest absolute Gasteiger partial charge is 0.455 e. The Morgan fingerprint density at radius 2 is 2.03 bits per heavy atom. The van der Waals surface area contributed by atoms with Crippen molar-refractivity contribution in [3.63, 3.8) is 0 Å². The molecule has 2 atom stereocenters. The number of alkyl halides is 3. The zero-order valence-electron chi connectivity index (χ0n) is 15.0. The number of anilines is 1. The summed E-state index contributed by atoms with van der Waals surface area (Å²) >= 11 is 6.16. The fourth-order valence-corrected chi connectivity index (χ4v) is 4.07.